The summed E-state index contributed by atoms with van der Waals surface area (Å²) in [6, 6.07) is -0.428. The van der Waals surface area contributed by atoms with Crippen molar-refractivity contribution in [3.63, 3.8) is 0 Å². The number of nitrogens with zero attached hydrogens (tertiary/aromatic N) is 4. The van der Waals surface area contributed by atoms with Gasteiger partial charge < -0.3 is 25.0 Å². The molecule has 0 bridgehead atoms. The second-order valence-electron chi connectivity index (χ2n) is 13.2. The second-order valence-corrected chi connectivity index (χ2v) is 13.2. The van der Waals surface area contributed by atoms with Crippen molar-refractivity contribution in [2.75, 3.05) is 65.6 Å². The summed E-state index contributed by atoms with van der Waals surface area (Å²) in [6.45, 7) is 6.76. The van der Waals surface area contributed by atoms with Gasteiger partial charge >= 0.3 is 0 Å². The molecule has 9 unspecified atom stereocenters. The van der Waals surface area contributed by atoms with Crippen LogP contribution in [0.2, 0.25) is 0 Å². The quantitative estimate of drug-likeness (QED) is 0.511. The molecule has 222 valence electrons. The summed E-state index contributed by atoms with van der Waals surface area (Å²) in [5, 5.41) is 0. The first-order chi connectivity index (χ1) is 19.5. The lowest BCUT2D eigenvalue weighted by molar-refractivity contribution is -0.228. The van der Waals surface area contributed by atoms with Gasteiger partial charge in [0.2, 0.25) is 0 Å². The van der Waals surface area contributed by atoms with Gasteiger partial charge in [0.15, 0.2) is 5.78 Å². The van der Waals surface area contributed by atoms with Crippen LogP contribution in [0.1, 0.15) is 44.9 Å². The normalized spacial score (nSPS) is 42.5. The van der Waals surface area contributed by atoms with E-state index >= 15 is 4.39 Å². The molecule has 1 amide bonds. The van der Waals surface area contributed by atoms with Gasteiger partial charge in [-0.2, -0.15) is 0 Å². The van der Waals surface area contributed by atoms with E-state index in [0.29, 0.717) is 44.7 Å². The highest BCUT2D eigenvalue weighted by Gasteiger charge is 2.61. The highest BCUT2D eigenvalue weighted by atomic mass is 19.1. The molecule has 0 aromatic carbocycles. The molecule has 10 heteroatoms. The van der Waals surface area contributed by atoms with Gasteiger partial charge in [-0.25, -0.2) is 4.39 Å². The van der Waals surface area contributed by atoms with Crippen molar-refractivity contribution >= 4 is 11.7 Å². The van der Waals surface area contributed by atoms with E-state index in [1.165, 1.54) is 25.7 Å². The van der Waals surface area contributed by atoms with Crippen LogP contribution >= 0.6 is 0 Å². The maximum Gasteiger partial charge on any atom is 0.259 e. The van der Waals surface area contributed by atoms with Crippen molar-refractivity contribution in [1.29, 1.82) is 0 Å². The first kappa shape index (κ1) is 27.3. The third-order valence-electron chi connectivity index (χ3n) is 11.2. The molecular weight excluding hydrogens is 513 g/mol. The van der Waals surface area contributed by atoms with Crippen LogP contribution in [0.3, 0.4) is 0 Å². The molecule has 0 aromatic heterocycles. The van der Waals surface area contributed by atoms with Gasteiger partial charge in [0.05, 0.1) is 49.1 Å². The molecule has 40 heavy (non-hydrogen) atoms. The summed E-state index contributed by atoms with van der Waals surface area (Å²) >= 11 is 0. The Hall–Kier alpha value is -1.59. The standard InChI is InChI=1S/C30H46FN5O4/c31-23-17-21-26-29(27(23)34-11-9-33(8-7-32)10-12-34)40-24-6-5-19-3-1-2-4-20(19)25(24)36(26)18-22(28(21)37)30(38)35-13-15-39-16-14-35/h18-21,23-27,29H,1-17,32H2. The van der Waals surface area contributed by atoms with Gasteiger partial charge in [0.25, 0.3) is 5.91 Å². The molecule has 2 N–H and O–H groups in total. The van der Waals surface area contributed by atoms with Crippen LogP contribution in [-0.4, -0.2) is 133 Å². The summed E-state index contributed by atoms with van der Waals surface area (Å²) < 4.78 is 28.8. The summed E-state index contributed by atoms with van der Waals surface area (Å²) in [6.07, 6.45) is 7.59. The van der Waals surface area contributed by atoms with Crippen molar-refractivity contribution in [2.24, 2.45) is 23.5 Å². The topological polar surface area (TPSA) is 91.6 Å². The number of morpholine rings is 2. The molecular formula is C30H46FN5O4. The Balaban J connectivity index is 1.23. The number of piperazine rings is 1. The lowest BCUT2D eigenvalue weighted by atomic mass is 9.63. The molecule has 7 aliphatic rings. The maximum absolute atomic E-state index is 16.3. The van der Waals surface area contributed by atoms with Gasteiger partial charge in [-0.1, -0.05) is 19.3 Å². The minimum Gasteiger partial charge on any atom is -0.378 e. The van der Waals surface area contributed by atoms with Gasteiger partial charge in [0, 0.05) is 64.5 Å². The number of amides is 1. The van der Waals surface area contributed by atoms with Crippen molar-refractivity contribution in [3.05, 3.63) is 11.8 Å². The molecule has 4 heterocycles. The number of hydrogen-bond donors (Lipinski definition) is 1. The summed E-state index contributed by atoms with van der Waals surface area (Å²) in [7, 11) is 0. The smallest absolute Gasteiger partial charge is 0.259 e. The predicted octanol–water partition coefficient (Wildman–Crippen LogP) is 1.02. The Labute approximate surface area is 237 Å². The highest BCUT2D eigenvalue weighted by molar-refractivity contribution is 6.20. The number of rotatable bonds is 4. The number of ketones is 1. The van der Waals surface area contributed by atoms with Crippen LogP contribution in [0, 0.1) is 17.8 Å². The van der Waals surface area contributed by atoms with Crippen molar-refractivity contribution in [2.45, 2.75) is 81.5 Å². The van der Waals surface area contributed by atoms with Gasteiger partial charge in [-0.05, 0) is 37.5 Å². The molecule has 0 aromatic rings. The van der Waals surface area contributed by atoms with Gasteiger partial charge in [-0.3, -0.25) is 19.4 Å². The Morgan fingerprint density at radius 3 is 2.52 bits per heavy atom. The molecule has 9 nitrogen and oxygen atoms in total. The molecule has 7 rings (SSSR count). The number of ether oxygens (including phenoxy) is 2. The van der Waals surface area contributed by atoms with Crippen LogP contribution in [0.5, 0.6) is 0 Å². The van der Waals surface area contributed by atoms with Crippen molar-refractivity contribution < 1.29 is 23.5 Å². The van der Waals surface area contributed by atoms with E-state index in [0.717, 1.165) is 45.6 Å². The zero-order chi connectivity index (χ0) is 27.4. The summed E-state index contributed by atoms with van der Waals surface area (Å²) in [4.78, 5) is 36.5. The predicted molar refractivity (Wildman–Crippen MR) is 147 cm³/mol. The van der Waals surface area contributed by atoms with E-state index in [9.17, 15) is 9.59 Å². The van der Waals surface area contributed by atoms with E-state index in [2.05, 4.69) is 14.7 Å². The molecule has 3 saturated carbocycles. The molecule has 4 aliphatic heterocycles. The zero-order valence-corrected chi connectivity index (χ0v) is 23.7. The van der Waals surface area contributed by atoms with Gasteiger partial charge in [0.1, 0.15) is 6.17 Å². The van der Waals surface area contributed by atoms with Crippen molar-refractivity contribution in [3.8, 4) is 0 Å². The lowest BCUT2D eigenvalue weighted by Gasteiger charge is -2.63. The minimum atomic E-state index is -1.17. The fraction of sp³-hybridized carbons (Fsp3) is 0.867. The molecule has 6 fully saturated rings. The van der Waals surface area contributed by atoms with Crippen LogP contribution in [0.25, 0.3) is 0 Å². The Morgan fingerprint density at radius 1 is 0.975 bits per heavy atom. The first-order valence-corrected chi connectivity index (χ1v) is 15.9. The lowest BCUT2D eigenvalue weighted by Crippen LogP contribution is -2.75. The van der Waals surface area contributed by atoms with E-state index in [1.807, 2.05) is 6.20 Å². The third kappa shape index (κ3) is 4.62. The Kier molecular flexibility index (Phi) is 7.66. The number of carbonyl (C=O) groups is 2. The average Bonchev–Trinajstić information content (AvgIpc) is 2.99. The number of alkyl halides is 1. The highest BCUT2D eigenvalue weighted by Crippen LogP contribution is 2.51. The Morgan fingerprint density at radius 2 is 1.75 bits per heavy atom. The molecule has 3 saturated heterocycles. The zero-order valence-electron chi connectivity index (χ0n) is 23.7. The molecule has 0 spiro atoms. The first-order valence-electron chi connectivity index (χ1n) is 15.9. The number of hydrogen-bond acceptors (Lipinski definition) is 8. The van der Waals surface area contributed by atoms with E-state index in [4.69, 9.17) is 15.2 Å². The van der Waals surface area contributed by atoms with E-state index < -0.39 is 12.1 Å². The number of carbonyl (C=O) groups excluding carboxylic acids is 2. The fourth-order valence-corrected chi connectivity index (χ4v) is 9.38. The molecule has 9 atom stereocenters. The maximum atomic E-state index is 16.3. The monoisotopic (exact) mass is 559 g/mol. The number of fused-ring (bicyclic) bond motifs is 4. The molecule has 0 radical (unpaired) electrons. The van der Waals surface area contributed by atoms with Crippen LogP contribution in [0.15, 0.2) is 11.8 Å². The number of Topliss-reactive ketones (excluding diaryl/α,β-unsaturated/α-hetero) is 1. The van der Waals surface area contributed by atoms with Crippen LogP contribution in [0.4, 0.5) is 4.39 Å². The van der Waals surface area contributed by atoms with Gasteiger partial charge in [-0.15, -0.1) is 0 Å². The SMILES string of the molecule is NCCN1CCN(C2C(F)CC3C(=O)C(C(=O)N4CCOCC4)=CN4C5C(CCC6CCCCC65)OC2C34)CC1. The Bertz CT molecular complexity index is 999. The van der Waals surface area contributed by atoms with E-state index in [-0.39, 0.29) is 54.0 Å². The van der Waals surface area contributed by atoms with Crippen molar-refractivity contribution in [1.82, 2.24) is 19.6 Å². The van der Waals surface area contributed by atoms with Crippen LogP contribution < -0.4 is 5.73 Å². The third-order valence-corrected chi connectivity index (χ3v) is 11.2. The fourth-order valence-electron chi connectivity index (χ4n) is 9.38. The number of halogens is 1. The summed E-state index contributed by atoms with van der Waals surface area (Å²) in [5.74, 6) is 0.219. The minimum absolute atomic E-state index is 0.0109. The van der Waals surface area contributed by atoms with E-state index in [1.54, 1.807) is 4.90 Å². The average molecular weight is 560 g/mol. The number of nitrogens with two attached hydrogens (primary N) is 1. The van der Waals surface area contributed by atoms with Crippen LogP contribution in [-0.2, 0) is 19.1 Å². The summed E-state index contributed by atoms with van der Waals surface area (Å²) in [5.41, 5.74) is 6.04. The largest absolute Gasteiger partial charge is 0.378 e. The molecule has 3 aliphatic carbocycles. The second kappa shape index (κ2) is 11.2.